The molecule has 6 heteroatoms. The Labute approximate surface area is 88.2 Å². The first-order valence-corrected chi connectivity index (χ1v) is 5.02. The predicted molar refractivity (Wildman–Crippen MR) is 54.7 cm³/mol. The zero-order valence-corrected chi connectivity index (χ0v) is 9.14. The zero-order valence-electron chi connectivity index (χ0n) is 9.14. The minimum atomic E-state index is -4.23. The lowest BCUT2D eigenvalue weighted by atomic mass is 10.4. The van der Waals surface area contributed by atoms with Crippen molar-refractivity contribution < 1.29 is 13.2 Å². The Morgan fingerprint density at radius 1 is 1.27 bits per heavy atom. The van der Waals surface area contributed by atoms with Crippen molar-refractivity contribution in [2.24, 2.45) is 10.7 Å². The minimum Gasteiger partial charge on any atom is -0.370 e. The van der Waals surface area contributed by atoms with Gasteiger partial charge in [0.25, 0.3) is 0 Å². The van der Waals surface area contributed by atoms with Crippen molar-refractivity contribution >= 4 is 5.96 Å². The molecular weight excluding hydrogens is 207 g/mol. The third kappa shape index (κ3) is 7.04. The number of alkyl halides is 3. The highest BCUT2D eigenvalue weighted by Gasteiger charge is 2.31. The number of aliphatic imine (C=N–C) groups is 1. The summed E-state index contributed by atoms with van der Waals surface area (Å²) in [4.78, 5) is 4.93. The first-order chi connectivity index (χ1) is 6.90. The molecule has 15 heavy (non-hydrogen) atoms. The average molecular weight is 225 g/mol. The van der Waals surface area contributed by atoms with Gasteiger partial charge in [0.1, 0.15) is 6.54 Å². The van der Waals surface area contributed by atoms with Crippen molar-refractivity contribution in [3.05, 3.63) is 0 Å². The Bertz CT molecular complexity index is 201. The Kier molecular flexibility index (Phi) is 6.12. The molecule has 2 N–H and O–H groups in total. The van der Waals surface area contributed by atoms with Gasteiger partial charge in [-0.1, -0.05) is 13.8 Å². The van der Waals surface area contributed by atoms with E-state index in [0.29, 0.717) is 13.0 Å². The van der Waals surface area contributed by atoms with Crippen LogP contribution >= 0.6 is 0 Å². The molecule has 0 spiro atoms. The maximum absolute atomic E-state index is 12.2. The third-order valence-corrected chi connectivity index (χ3v) is 1.69. The number of nitrogens with two attached hydrogens (primary N) is 1. The van der Waals surface area contributed by atoms with Crippen LogP contribution in [0.4, 0.5) is 13.2 Å². The van der Waals surface area contributed by atoms with Gasteiger partial charge >= 0.3 is 6.18 Å². The molecule has 0 aliphatic rings. The van der Waals surface area contributed by atoms with Gasteiger partial charge in [0.2, 0.25) is 0 Å². The number of rotatable bonds is 5. The van der Waals surface area contributed by atoms with Crippen LogP contribution in [-0.2, 0) is 0 Å². The topological polar surface area (TPSA) is 41.6 Å². The van der Waals surface area contributed by atoms with E-state index in [0.717, 1.165) is 11.3 Å². The molecule has 0 aliphatic heterocycles. The van der Waals surface area contributed by atoms with Crippen molar-refractivity contribution in [2.45, 2.75) is 32.9 Å². The molecule has 0 atom stereocenters. The van der Waals surface area contributed by atoms with Gasteiger partial charge in [-0.15, -0.1) is 0 Å². The largest absolute Gasteiger partial charge is 0.406 e. The molecule has 0 aromatic rings. The number of halogens is 3. The summed E-state index contributed by atoms with van der Waals surface area (Å²) in [6.45, 7) is 3.41. The Morgan fingerprint density at radius 3 is 2.27 bits per heavy atom. The molecule has 0 heterocycles. The Hall–Kier alpha value is -0.940. The molecule has 0 unspecified atom stereocenters. The lowest BCUT2D eigenvalue weighted by Crippen LogP contribution is -2.43. The molecule has 0 saturated heterocycles. The normalized spacial score (nSPS) is 13.0. The summed E-state index contributed by atoms with van der Waals surface area (Å²) in [6.07, 6.45) is -2.85. The lowest BCUT2D eigenvalue weighted by Gasteiger charge is -2.24. The number of hydrogen-bond donors (Lipinski definition) is 1. The smallest absolute Gasteiger partial charge is 0.370 e. The fraction of sp³-hybridized carbons (Fsp3) is 0.889. The minimum absolute atomic E-state index is 0.0176. The fourth-order valence-corrected chi connectivity index (χ4v) is 1.09. The van der Waals surface area contributed by atoms with Crippen LogP contribution in [0, 0.1) is 0 Å². The Morgan fingerprint density at radius 2 is 1.87 bits per heavy atom. The maximum Gasteiger partial charge on any atom is 0.406 e. The number of nitrogens with zero attached hydrogens (tertiary/aromatic N) is 2. The summed E-state index contributed by atoms with van der Waals surface area (Å²) in [5, 5.41) is 0. The molecule has 3 nitrogen and oxygen atoms in total. The molecule has 0 amide bonds. The van der Waals surface area contributed by atoms with Crippen molar-refractivity contribution in [3.8, 4) is 0 Å². The highest BCUT2D eigenvalue weighted by atomic mass is 19.4. The average Bonchev–Trinajstić information content (AvgIpc) is 2.11. The first-order valence-electron chi connectivity index (χ1n) is 5.02. The van der Waals surface area contributed by atoms with Crippen LogP contribution in [0.1, 0.15) is 26.7 Å². The summed E-state index contributed by atoms with van der Waals surface area (Å²) in [6, 6.07) is 0. The molecule has 0 aromatic carbocycles. The van der Waals surface area contributed by atoms with Gasteiger partial charge in [-0.3, -0.25) is 4.99 Å². The van der Waals surface area contributed by atoms with Crippen LogP contribution in [0.5, 0.6) is 0 Å². The van der Waals surface area contributed by atoms with Gasteiger partial charge in [-0.05, 0) is 12.8 Å². The van der Waals surface area contributed by atoms with E-state index in [1.165, 1.54) is 0 Å². The monoisotopic (exact) mass is 225 g/mol. The van der Waals surface area contributed by atoms with Crippen molar-refractivity contribution in [1.82, 2.24) is 4.90 Å². The molecule has 0 saturated carbocycles. The third-order valence-electron chi connectivity index (χ3n) is 1.69. The molecule has 0 fully saturated rings. The standard InChI is InChI=1S/C9H18F3N3/c1-3-5-14-8(13)15(6-4-2)7-9(10,11)12/h3-7H2,1-2H3,(H2,13,14). The second-order valence-electron chi connectivity index (χ2n) is 3.28. The van der Waals surface area contributed by atoms with Crippen LogP contribution in [0.25, 0.3) is 0 Å². The maximum atomic E-state index is 12.2. The van der Waals surface area contributed by atoms with E-state index in [2.05, 4.69) is 4.99 Å². The van der Waals surface area contributed by atoms with Gasteiger partial charge in [-0.2, -0.15) is 13.2 Å². The second kappa shape index (κ2) is 6.53. The molecule has 0 aliphatic carbocycles. The summed E-state index contributed by atoms with van der Waals surface area (Å²) in [5.74, 6) is -0.0176. The van der Waals surface area contributed by atoms with Crippen LogP contribution in [0.15, 0.2) is 4.99 Å². The van der Waals surface area contributed by atoms with Crippen LogP contribution in [-0.4, -0.2) is 36.7 Å². The molecule has 0 radical (unpaired) electrons. The SMILES string of the molecule is CCCN=C(N)N(CCC)CC(F)(F)F. The van der Waals surface area contributed by atoms with E-state index in [1.807, 2.05) is 6.92 Å². The summed E-state index contributed by atoms with van der Waals surface area (Å²) in [5.41, 5.74) is 5.47. The predicted octanol–water partition coefficient (Wildman–Crippen LogP) is 1.99. The highest BCUT2D eigenvalue weighted by Crippen LogP contribution is 2.16. The summed E-state index contributed by atoms with van der Waals surface area (Å²) < 4.78 is 36.5. The molecular formula is C9H18F3N3. The van der Waals surface area contributed by atoms with Gasteiger partial charge in [0, 0.05) is 13.1 Å². The Balaban J connectivity index is 4.37. The number of hydrogen-bond acceptors (Lipinski definition) is 1. The van der Waals surface area contributed by atoms with Crippen molar-refractivity contribution in [1.29, 1.82) is 0 Å². The molecule has 0 bridgehead atoms. The summed E-state index contributed by atoms with van der Waals surface area (Å²) >= 11 is 0. The summed E-state index contributed by atoms with van der Waals surface area (Å²) in [7, 11) is 0. The zero-order chi connectivity index (χ0) is 11.9. The lowest BCUT2D eigenvalue weighted by molar-refractivity contribution is -0.138. The fourth-order valence-electron chi connectivity index (χ4n) is 1.09. The van der Waals surface area contributed by atoms with Gasteiger partial charge in [0.15, 0.2) is 5.96 Å². The molecule has 90 valence electrons. The van der Waals surface area contributed by atoms with Crippen molar-refractivity contribution in [3.63, 3.8) is 0 Å². The van der Waals surface area contributed by atoms with Gasteiger partial charge < -0.3 is 10.6 Å². The van der Waals surface area contributed by atoms with Crippen molar-refractivity contribution in [2.75, 3.05) is 19.6 Å². The van der Waals surface area contributed by atoms with E-state index in [9.17, 15) is 13.2 Å². The molecule has 0 aromatic heterocycles. The van der Waals surface area contributed by atoms with E-state index >= 15 is 0 Å². The van der Waals surface area contributed by atoms with Crippen LogP contribution in [0.3, 0.4) is 0 Å². The van der Waals surface area contributed by atoms with Crippen LogP contribution < -0.4 is 5.73 Å². The van der Waals surface area contributed by atoms with E-state index in [-0.39, 0.29) is 12.5 Å². The van der Waals surface area contributed by atoms with E-state index in [1.54, 1.807) is 6.92 Å². The van der Waals surface area contributed by atoms with E-state index < -0.39 is 12.7 Å². The van der Waals surface area contributed by atoms with Crippen LogP contribution in [0.2, 0.25) is 0 Å². The van der Waals surface area contributed by atoms with Gasteiger partial charge in [-0.25, -0.2) is 0 Å². The number of guanidine groups is 1. The van der Waals surface area contributed by atoms with E-state index in [4.69, 9.17) is 5.73 Å². The highest BCUT2D eigenvalue weighted by molar-refractivity contribution is 5.78. The quantitative estimate of drug-likeness (QED) is 0.574. The second-order valence-corrected chi connectivity index (χ2v) is 3.28. The first kappa shape index (κ1) is 14.1. The molecule has 0 rings (SSSR count). The van der Waals surface area contributed by atoms with Gasteiger partial charge in [0.05, 0.1) is 0 Å².